The molecule has 9 N–H and O–H groups in total. The zero-order valence-corrected chi connectivity index (χ0v) is 41.8. The molecule has 0 saturated heterocycles. The van der Waals surface area contributed by atoms with E-state index in [2.05, 4.69) is 6.92 Å². The zero-order valence-electron chi connectivity index (χ0n) is 39.8. The molecule has 61 heavy (non-hydrogen) atoms. The third-order valence-electron chi connectivity index (χ3n) is 13.1. The summed E-state index contributed by atoms with van der Waals surface area (Å²) in [6.45, 7) is 25.6. The molecule has 0 spiro atoms. The summed E-state index contributed by atoms with van der Waals surface area (Å²) in [5, 5.41) is 33.9. The third kappa shape index (κ3) is 12.9. The van der Waals surface area contributed by atoms with Gasteiger partial charge >= 0.3 is 357 Å². The van der Waals surface area contributed by atoms with E-state index in [0.29, 0.717) is 34.2 Å². The molecule has 348 valence electrons. The van der Waals surface area contributed by atoms with Crippen LogP contribution in [0.2, 0.25) is 0 Å². The summed E-state index contributed by atoms with van der Waals surface area (Å²) < 4.78 is 0. The Hall–Kier alpha value is -2.32. The van der Waals surface area contributed by atoms with Gasteiger partial charge in [0.05, 0.1) is 0 Å². The standard InChI is InChI=1S/C50H84O9P2/c1-14-15-16-17-18-19-20-21-22-23-24-25-50(60(54,55)56,61(57,58)59)40(38-31-43(49(11,12)13)46(53)28-35(38)4)32-39(36-29-41(47(5,6)7)44(51)26-33(36)2)37-30-42(48(8,9)10)45(52)27-34(37)3/h26-31,39-40,51-61H,14-25,32H2,1-13H3. The molecule has 1 unspecified atom stereocenters. The van der Waals surface area contributed by atoms with Crippen LogP contribution in [0.5, 0.6) is 17.2 Å². The van der Waals surface area contributed by atoms with Crippen molar-refractivity contribution >= 4 is 15.9 Å². The van der Waals surface area contributed by atoms with Gasteiger partial charge in [-0.3, -0.25) is 0 Å². The predicted molar refractivity (Wildman–Crippen MR) is 258 cm³/mol. The van der Waals surface area contributed by atoms with Gasteiger partial charge in [0.1, 0.15) is 0 Å². The van der Waals surface area contributed by atoms with Crippen molar-refractivity contribution in [1.82, 2.24) is 0 Å². The van der Waals surface area contributed by atoms with Crippen LogP contribution >= 0.6 is 15.9 Å². The fourth-order valence-electron chi connectivity index (χ4n) is 9.58. The van der Waals surface area contributed by atoms with Gasteiger partial charge < -0.3 is 0 Å². The number of aromatic hydroxyl groups is 3. The Bertz CT molecular complexity index is 1820. The van der Waals surface area contributed by atoms with Gasteiger partial charge in [-0.15, -0.1) is 0 Å². The van der Waals surface area contributed by atoms with Crippen LogP contribution in [-0.4, -0.2) is 49.6 Å². The van der Waals surface area contributed by atoms with Crippen molar-refractivity contribution in [3.63, 3.8) is 0 Å². The first-order chi connectivity index (χ1) is 27.9. The minimum atomic E-state index is -5.74. The van der Waals surface area contributed by atoms with Gasteiger partial charge in [-0.05, 0) is 0 Å². The Morgan fingerprint density at radius 3 is 1.05 bits per heavy atom. The molecule has 3 aromatic carbocycles. The van der Waals surface area contributed by atoms with Crippen molar-refractivity contribution in [2.45, 2.75) is 206 Å². The van der Waals surface area contributed by atoms with Crippen LogP contribution < -0.4 is 0 Å². The van der Waals surface area contributed by atoms with E-state index >= 15 is 0 Å². The second-order valence-corrected chi connectivity index (χ2v) is 26.1. The van der Waals surface area contributed by atoms with E-state index in [-0.39, 0.29) is 36.5 Å². The van der Waals surface area contributed by atoms with Crippen molar-refractivity contribution in [2.24, 2.45) is 0 Å². The van der Waals surface area contributed by atoms with Crippen LogP contribution in [0.1, 0.15) is 215 Å². The maximum absolute atomic E-state index is 11.9. The van der Waals surface area contributed by atoms with Gasteiger partial charge in [-0.2, -0.15) is 0 Å². The molecule has 0 aliphatic heterocycles. The molecule has 3 rings (SSSR count). The van der Waals surface area contributed by atoms with Gasteiger partial charge in [0.2, 0.25) is 0 Å². The molecule has 0 saturated carbocycles. The molecular formula is C50H84O9P2. The molecule has 11 heteroatoms. The Balaban J connectivity index is 2.43. The molecule has 0 aromatic heterocycles. The Morgan fingerprint density at radius 2 is 0.738 bits per heavy atom. The van der Waals surface area contributed by atoms with Crippen molar-refractivity contribution < 1.29 is 44.7 Å². The summed E-state index contributed by atoms with van der Waals surface area (Å²) in [6.07, 6.45) is 10.7. The van der Waals surface area contributed by atoms with Gasteiger partial charge in [-0.1, -0.05) is 13.3 Å². The minimum absolute atomic E-state index is 0.0226. The molecule has 0 radical (unpaired) electrons. The second-order valence-electron chi connectivity index (χ2n) is 21.3. The first kappa shape index (κ1) is 53.0. The molecule has 3 aromatic rings. The number of aryl methyl sites for hydroxylation is 3. The van der Waals surface area contributed by atoms with Crippen LogP contribution in [0.25, 0.3) is 0 Å². The number of hydrogen-bond donors (Lipinski definition) is 9. The monoisotopic (exact) mass is 891 g/mol. The number of rotatable bonds is 20. The van der Waals surface area contributed by atoms with Crippen LogP contribution in [0.15, 0.2) is 36.4 Å². The zero-order chi connectivity index (χ0) is 46.5. The summed E-state index contributed by atoms with van der Waals surface area (Å²) in [5.74, 6) is -1.68. The quantitative estimate of drug-likeness (QED) is 0.0394. The number of phenols is 3. The molecule has 0 aliphatic carbocycles. The summed E-state index contributed by atoms with van der Waals surface area (Å²) >= 11 is 0. The topological polar surface area (TPSA) is 182 Å². The number of hydrogen-bond acceptors (Lipinski definition) is 9. The van der Waals surface area contributed by atoms with Gasteiger partial charge in [0, 0.05) is 0 Å². The van der Waals surface area contributed by atoms with Crippen LogP contribution in [0.3, 0.4) is 0 Å². The fraction of sp³-hybridized carbons (Fsp3) is 0.640. The van der Waals surface area contributed by atoms with Crippen LogP contribution in [0.4, 0.5) is 0 Å². The number of unbranched alkanes of at least 4 members (excludes halogenated alkanes) is 10. The van der Waals surface area contributed by atoms with Crippen molar-refractivity contribution in [3.8, 4) is 17.2 Å². The third-order valence-corrected chi connectivity index (χ3v) is 18.7. The van der Waals surface area contributed by atoms with E-state index < -0.39 is 48.9 Å². The van der Waals surface area contributed by atoms with E-state index in [1.165, 1.54) is 32.1 Å². The average Bonchev–Trinajstić information content (AvgIpc) is 3.08. The van der Waals surface area contributed by atoms with E-state index in [1.54, 1.807) is 31.2 Å². The maximum atomic E-state index is 11.9. The molecule has 1 atom stereocenters. The molecular weight excluding hydrogens is 806 g/mol. The van der Waals surface area contributed by atoms with E-state index in [4.69, 9.17) is 0 Å². The fourth-order valence-corrected chi connectivity index (χ4v) is 13.9. The SMILES string of the molecule is CCCCCCCCCCCCCC(C(CC(c1cc(C(C)(C)C)c(O)cc1C)c1cc(C(C)(C)C)c(O)cc1C)c1cc(C(C)(C)C)c(O)cc1C)([PH](O)(O)O)[PH](O)(O)O. The Morgan fingerprint density at radius 1 is 0.443 bits per heavy atom. The van der Waals surface area contributed by atoms with Crippen LogP contribution in [0, 0.1) is 20.8 Å². The molecule has 0 aliphatic rings. The van der Waals surface area contributed by atoms with E-state index in [1.807, 2.05) is 88.3 Å². The molecule has 9 nitrogen and oxygen atoms in total. The van der Waals surface area contributed by atoms with Crippen LogP contribution in [-0.2, 0) is 16.2 Å². The Labute approximate surface area is 369 Å². The van der Waals surface area contributed by atoms with Crippen molar-refractivity contribution in [1.29, 1.82) is 0 Å². The van der Waals surface area contributed by atoms with Gasteiger partial charge in [-0.25, -0.2) is 0 Å². The average molecular weight is 891 g/mol. The number of phenolic OH excluding ortho intramolecular Hbond substituents is 3. The summed E-state index contributed by atoms with van der Waals surface area (Å²) in [4.78, 5) is 68.6. The summed E-state index contributed by atoms with van der Waals surface area (Å²) in [6, 6.07) is 10.7. The normalized spacial score (nSPS) is 15.3. The van der Waals surface area contributed by atoms with Crippen molar-refractivity contribution in [3.05, 3.63) is 86.5 Å². The molecule has 0 heterocycles. The first-order valence-electron chi connectivity index (χ1n) is 22.8. The summed E-state index contributed by atoms with van der Waals surface area (Å²) in [7, 11) is -11.5. The molecule has 0 amide bonds. The van der Waals surface area contributed by atoms with Gasteiger partial charge in [0.25, 0.3) is 0 Å². The van der Waals surface area contributed by atoms with E-state index in [0.717, 1.165) is 47.9 Å². The van der Waals surface area contributed by atoms with Gasteiger partial charge in [0.15, 0.2) is 0 Å². The first-order valence-corrected chi connectivity index (χ1v) is 26.4. The van der Waals surface area contributed by atoms with E-state index in [9.17, 15) is 44.7 Å². The molecule has 0 bridgehead atoms. The number of benzene rings is 3. The predicted octanol–water partition coefficient (Wildman–Crippen LogP) is 12.3. The Kier molecular flexibility index (Phi) is 18.0. The summed E-state index contributed by atoms with van der Waals surface area (Å²) in [5.41, 5.74) is 4.29. The second kappa shape index (κ2) is 20.7. The molecule has 0 fully saturated rings. The van der Waals surface area contributed by atoms with Crippen molar-refractivity contribution in [2.75, 3.05) is 0 Å².